The van der Waals surface area contributed by atoms with Gasteiger partial charge in [-0.05, 0) is 27.7 Å². The summed E-state index contributed by atoms with van der Waals surface area (Å²) in [4.78, 5) is 12.6. The highest BCUT2D eigenvalue weighted by Crippen LogP contribution is 2.47. The van der Waals surface area contributed by atoms with Gasteiger partial charge in [0.05, 0.1) is 34.4 Å². The molecule has 1 aromatic heterocycles. The Hall–Kier alpha value is -2.50. The summed E-state index contributed by atoms with van der Waals surface area (Å²) in [6.07, 6.45) is 1.77. The molecule has 23 heavy (non-hydrogen) atoms. The van der Waals surface area contributed by atoms with Crippen LogP contribution in [0.4, 0.5) is 0 Å². The maximum atomic E-state index is 12.6. The molecule has 0 aromatic carbocycles. The van der Waals surface area contributed by atoms with Gasteiger partial charge in [0.15, 0.2) is 5.78 Å². The van der Waals surface area contributed by atoms with Gasteiger partial charge < -0.3 is 15.3 Å². The first kappa shape index (κ1) is 16.9. The van der Waals surface area contributed by atoms with E-state index in [2.05, 4.69) is 11.7 Å². The number of aliphatic hydroxyl groups is 2. The van der Waals surface area contributed by atoms with Crippen LogP contribution in [0.2, 0.25) is 0 Å². The van der Waals surface area contributed by atoms with E-state index in [1.165, 1.54) is 4.68 Å². The Labute approximate surface area is 135 Å². The number of aliphatic hydroxyl groups excluding tert-OH is 2. The van der Waals surface area contributed by atoms with E-state index < -0.39 is 11.8 Å². The Balaban J connectivity index is 2.52. The summed E-state index contributed by atoms with van der Waals surface area (Å²) in [5.41, 5.74) is 1.54. The van der Waals surface area contributed by atoms with Crippen molar-refractivity contribution in [3.05, 3.63) is 41.0 Å². The fourth-order valence-corrected chi connectivity index (χ4v) is 3.02. The Morgan fingerprint density at radius 1 is 1.48 bits per heavy atom. The van der Waals surface area contributed by atoms with E-state index >= 15 is 0 Å². The number of aryl methyl sites for hydroxylation is 2. The molecule has 0 bridgehead atoms. The minimum atomic E-state index is -0.873. The summed E-state index contributed by atoms with van der Waals surface area (Å²) in [7, 11) is 0. The van der Waals surface area contributed by atoms with E-state index in [0.29, 0.717) is 12.2 Å². The number of carbonyl (C=O) groups is 1. The highest BCUT2D eigenvalue weighted by Gasteiger charge is 2.48. The quantitative estimate of drug-likeness (QED) is 0.573. The first-order chi connectivity index (χ1) is 10.8. The molecular weight excluding hydrogens is 296 g/mol. The zero-order valence-electron chi connectivity index (χ0n) is 13.8. The van der Waals surface area contributed by atoms with E-state index in [9.17, 15) is 20.1 Å². The molecule has 0 radical (unpaired) electrons. The molecule has 0 saturated heterocycles. The highest BCUT2D eigenvalue weighted by molar-refractivity contribution is 6.30. The number of nitrogens with zero attached hydrogens (tertiary/aromatic N) is 2. The van der Waals surface area contributed by atoms with Crippen LogP contribution in [0.5, 0.6) is 5.88 Å². The molecule has 0 spiro atoms. The van der Waals surface area contributed by atoms with Gasteiger partial charge in [0.1, 0.15) is 5.76 Å². The number of ketones is 1. The van der Waals surface area contributed by atoms with Crippen LogP contribution in [0, 0.1) is 18.8 Å². The Kier molecular flexibility index (Phi) is 4.36. The number of carbonyl (C=O) groups excluding carboxylic acids is 1. The summed E-state index contributed by atoms with van der Waals surface area (Å²) in [6, 6.07) is 0. The van der Waals surface area contributed by atoms with Gasteiger partial charge >= 0.3 is 0 Å². The van der Waals surface area contributed by atoms with Gasteiger partial charge in [-0.2, -0.15) is 5.10 Å². The molecule has 1 aromatic rings. The van der Waals surface area contributed by atoms with Crippen LogP contribution in [-0.4, -0.2) is 30.9 Å². The molecule has 0 amide bonds. The zero-order chi connectivity index (χ0) is 17.5. The van der Waals surface area contributed by atoms with Crippen molar-refractivity contribution in [1.82, 2.24) is 9.78 Å². The fraction of sp³-hybridized carbons (Fsp3) is 0.412. The number of hydrogen-bond donors (Lipinski definition) is 3. The number of allylic oxidation sites excluding steroid dienone is 4. The normalized spacial score (nSPS) is 19.7. The van der Waals surface area contributed by atoms with E-state index in [1.807, 2.05) is 6.92 Å². The molecule has 3 N–H and O–H groups in total. The van der Waals surface area contributed by atoms with Gasteiger partial charge in [0.25, 0.3) is 0 Å². The molecule has 0 saturated carbocycles. The van der Waals surface area contributed by atoms with Crippen LogP contribution in [0.3, 0.4) is 0 Å². The first-order valence-electron chi connectivity index (χ1n) is 7.50. The molecule has 0 fully saturated rings. The third-order valence-electron chi connectivity index (χ3n) is 4.37. The Bertz CT molecular complexity index is 740. The lowest BCUT2D eigenvalue weighted by atomic mass is 9.69. The fourth-order valence-electron chi connectivity index (χ4n) is 3.02. The lowest BCUT2D eigenvalue weighted by Gasteiger charge is -2.34. The molecule has 1 aliphatic carbocycles. The van der Waals surface area contributed by atoms with Gasteiger partial charge in [-0.15, -0.1) is 0 Å². The van der Waals surface area contributed by atoms with Crippen molar-refractivity contribution in [1.29, 1.82) is 0 Å². The van der Waals surface area contributed by atoms with Crippen molar-refractivity contribution < 1.29 is 20.1 Å². The van der Waals surface area contributed by atoms with E-state index in [0.717, 1.165) is 5.57 Å². The van der Waals surface area contributed by atoms with Gasteiger partial charge in [0, 0.05) is 6.54 Å². The lowest BCUT2D eigenvalue weighted by Crippen LogP contribution is -2.37. The summed E-state index contributed by atoms with van der Waals surface area (Å²) in [6.45, 7) is 11.0. The molecular formula is C17H22N2O4. The van der Waals surface area contributed by atoms with Crippen LogP contribution >= 0.6 is 0 Å². The van der Waals surface area contributed by atoms with Crippen molar-refractivity contribution in [2.45, 2.75) is 34.2 Å². The van der Waals surface area contributed by atoms with Crippen LogP contribution in [0.1, 0.15) is 32.0 Å². The molecule has 2 rings (SSSR count). The maximum absolute atomic E-state index is 12.6. The summed E-state index contributed by atoms with van der Waals surface area (Å²) in [5, 5.41) is 34.6. The highest BCUT2D eigenvalue weighted by atomic mass is 16.3. The van der Waals surface area contributed by atoms with Crippen LogP contribution in [0.15, 0.2) is 29.7 Å². The van der Waals surface area contributed by atoms with Crippen molar-refractivity contribution >= 4 is 11.4 Å². The predicted molar refractivity (Wildman–Crippen MR) is 87.0 cm³/mol. The first-order valence-corrected chi connectivity index (χ1v) is 7.50. The second kappa shape index (κ2) is 5.95. The largest absolute Gasteiger partial charge is 0.512 e. The summed E-state index contributed by atoms with van der Waals surface area (Å²) >= 11 is 0. The summed E-state index contributed by atoms with van der Waals surface area (Å²) in [5.74, 6) is -2.33. The second-order valence-electron chi connectivity index (χ2n) is 5.70. The van der Waals surface area contributed by atoms with Gasteiger partial charge in [-0.3, -0.25) is 4.79 Å². The van der Waals surface area contributed by atoms with E-state index in [1.54, 1.807) is 26.8 Å². The molecule has 2 atom stereocenters. The summed E-state index contributed by atoms with van der Waals surface area (Å²) < 4.78 is 1.37. The molecule has 1 aliphatic rings. The Morgan fingerprint density at radius 3 is 2.48 bits per heavy atom. The number of aromatic nitrogens is 2. The third kappa shape index (κ3) is 2.44. The average Bonchev–Trinajstić information content (AvgIpc) is 2.79. The van der Waals surface area contributed by atoms with Gasteiger partial charge in [0.2, 0.25) is 5.88 Å². The SMILES string of the molecule is C=C(O)C(/C(C)=C\C)C1C(=O)C(c2c(C)nn(CC)c2O)=C1O. The number of aromatic hydroxyl groups is 1. The lowest BCUT2D eigenvalue weighted by molar-refractivity contribution is -0.120. The van der Waals surface area contributed by atoms with Gasteiger partial charge in [-0.1, -0.05) is 18.2 Å². The minimum Gasteiger partial charge on any atom is -0.512 e. The van der Waals surface area contributed by atoms with Crippen molar-refractivity contribution in [2.75, 3.05) is 0 Å². The van der Waals surface area contributed by atoms with Crippen molar-refractivity contribution in [2.24, 2.45) is 11.8 Å². The molecule has 124 valence electrons. The minimum absolute atomic E-state index is 0.0693. The molecule has 6 nitrogen and oxygen atoms in total. The monoisotopic (exact) mass is 318 g/mol. The van der Waals surface area contributed by atoms with E-state index in [4.69, 9.17) is 0 Å². The van der Waals surface area contributed by atoms with Crippen LogP contribution in [-0.2, 0) is 11.3 Å². The molecule has 0 aliphatic heterocycles. The number of rotatable bonds is 5. The molecule has 6 heteroatoms. The van der Waals surface area contributed by atoms with E-state index in [-0.39, 0.29) is 34.3 Å². The third-order valence-corrected chi connectivity index (χ3v) is 4.37. The zero-order valence-corrected chi connectivity index (χ0v) is 13.8. The predicted octanol–water partition coefficient (Wildman–Crippen LogP) is 3.04. The second-order valence-corrected chi connectivity index (χ2v) is 5.70. The Morgan fingerprint density at radius 2 is 2.09 bits per heavy atom. The van der Waals surface area contributed by atoms with Crippen LogP contribution < -0.4 is 0 Å². The van der Waals surface area contributed by atoms with Crippen molar-refractivity contribution in [3.63, 3.8) is 0 Å². The average molecular weight is 318 g/mol. The van der Waals surface area contributed by atoms with Crippen molar-refractivity contribution in [3.8, 4) is 5.88 Å². The maximum Gasteiger partial charge on any atom is 0.217 e. The topological polar surface area (TPSA) is 95.6 Å². The van der Waals surface area contributed by atoms with Crippen LogP contribution in [0.25, 0.3) is 5.57 Å². The number of Topliss-reactive ketones (excluding diaryl/α,β-unsaturated/α-hetero) is 1. The van der Waals surface area contributed by atoms with Gasteiger partial charge in [-0.25, -0.2) is 4.68 Å². The smallest absolute Gasteiger partial charge is 0.217 e. The standard InChI is InChI=1S/C17H22N2O4/c1-6-8(3)11(10(5)20)13-15(21)14(16(13)22)12-9(4)18-19(7-2)17(12)23/h6,11,13,20-21,23H,5,7H2,1-4H3/b8-6-. The number of hydrogen-bond acceptors (Lipinski definition) is 5. The molecule has 1 heterocycles. The molecule has 2 unspecified atom stereocenters.